The number of nitrogens with zero attached hydrogens (tertiary/aromatic N) is 1. The highest BCUT2D eigenvalue weighted by Gasteiger charge is 2.37. The van der Waals surface area contributed by atoms with Crippen molar-refractivity contribution in [1.29, 1.82) is 0 Å². The summed E-state index contributed by atoms with van der Waals surface area (Å²) in [6, 6.07) is 0. The largest absolute Gasteiger partial charge is 0.410 e. The van der Waals surface area contributed by atoms with Crippen LogP contribution in [0.5, 0.6) is 0 Å². The zero-order valence-electron chi connectivity index (χ0n) is 13.4. The van der Waals surface area contributed by atoms with E-state index in [2.05, 4.69) is 49.5 Å². The Balaban J connectivity index is 2.00. The van der Waals surface area contributed by atoms with Crippen LogP contribution in [-0.4, -0.2) is 19.5 Å². The molecule has 2 rings (SSSR count). The van der Waals surface area contributed by atoms with Gasteiger partial charge in [-0.15, -0.1) is 11.3 Å². The van der Waals surface area contributed by atoms with Gasteiger partial charge < -0.3 is 15.5 Å². The number of rotatable bonds is 4. The Hall–Kier alpha value is -0.953. The fraction of sp³-hybridized carbons (Fsp3) is 0.533. The standard InChI is InChI=1S/C15H25N3OSSi/c1-15(2,3)21(4,5)19-9-14-18-12(10-20-14)11-6-7-13(16)17-8-11/h6-8,10,13,17H,9,16H2,1-5H3. The summed E-state index contributed by atoms with van der Waals surface area (Å²) in [5.41, 5.74) is 7.78. The van der Waals surface area contributed by atoms with Crippen molar-refractivity contribution >= 4 is 25.2 Å². The van der Waals surface area contributed by atoms with Crippen molar-refractivity contribution in [2.75, 3.05) is 0 Å². The lowest BCUT2D eigenvalue weighted by atomic mass is 10.1. The van der Waals surface area contributed by atoms with Crippen LogP contribution in [0.1, 0.15) is 31.5 Å². The Morgan fingerprint density at radius 3 is 2.71 bits per heavy atom. The lowest BCUT2D eigenvalue weighted by molar-refractivity contribution is 0.276. The van der Waals surface area contributed by atoms with E-state index in [4.69, 9.17) is 10.2 Å². The smallest absolute Gasteiger partial charge is 0.192 e. The predicted molar refractivity (Wildman–Crippen MR) is 92.3 cm³/mol. The van der Waals surface area contributed by atoms with Crippen LogP contribution >= 0.6 is 11.3 Å². The quantitative estimate of drug-likeness (QED) is 0.833. The van der Waals surface area contributed by atoms with Crippen LogP contribution < -0.4 is 11.1 Å². The molecule has 0 spiro atoms. The third-order valence-corrected chi connectivity index (χ3v) is 9.43. The molecule has 0 radical (unpaired) electrons. The molecular weight excluding hydrogens is 298 g/mol. The van der Waals surface area contributed by atoms with Gasteiger partial charge >= 0.3 is 0 Å². The third kappa shape index (κ3) is 4.03. The molecule has 0 aromatic carbocycles. The van der Waals surface area contributed by atoms with E-state index in [1.54, 1.807) is 11.3 Å². The summed E-state index contributed by atoms with van der Waals surface area (Å²) in [7, 11) is -1.72. The fourth-order valence-corrected chi connectivity index (χ4v) is 3.37. The van der Waals surface area contributed by atoms with E-state index in [9.17, 15) is 0 Å². The molecular formula is C15H25N3OSSi. The van der Waals surface area contributed by atoms with Crippen LogP contribution in [-0.2, 0) is 11.0 Å². The van der Waals surface area contributed by atoms with Crippen molar-refractivity contribution in [3.63, 3.8) is 0 Å². The first kappa shape index (κ1) is 16.4. The lowest BCUT2D eigenvalue weighted by Crippen LogP contribution is -2.40. The van der Waals surface area contributed by atoms with Crippen molar-refractivity contribution in [2.24, 2.45) is 5.73 Å². The Bertz CT molecular complexity index is 558. The summed E-state index contributed by atoms with van der Waals surface area (Å²) in [4.78, 5) is 4.66. The molecule has 6 heteroatoms. The van der Waals surface area contributed by atoms with E-state index in [0.717, 1.165) is 16.3 Å². The molecule has 1 aliphatic heterocycles. The molecule has 4 nitrogen and oxygen atoms in total. The number of thiazole rings is 1. The zero-order chi connectivity index (χ0) is 15.7. The average molecular weight is 324 g/mol. The second-order valence-corrected chi connectivity index (χ2v) is 12.6. The Morgan fingerprint density at radius 2 is 2.14 bits per heavy atom. The molecule has 1 unspecified atom stereocenters. The highest BCUT2D eigenvalue weighted by atomic mass is 32.1. The maximum Gasteiger partial charge on any atom is 0.192 e. The van der Waals surface area contributed by atoms with E-state index < -0.39 is 8.32 Å². The van der Waals surface area contributed by atoms with Gasteiger partial charge in [-0.2, -0.15) is 0 Å². The second-order valence-electron chi connectivity index (χ2n) is 6.83. The van der Waals surface area contributed by atoms with E-state index >= 15 is 0 Å². The zero-order valence-corrected chi connectivity index (χ0v) is 15.3. The van der Waals surface area contributed by atoms with Gasteiger partial charge in [0.25, 0.3) is 0 Å². The van der Waals surface area contributed by atoms with Gasteiger partial charge in [0.15, 0.2) is 8.32 Å². The number of nitrogens with one attached hydrogen (secondary N) is 1. The summed E-state index contributed by atoms with van der Waals surface area (Å²) >= 11 is 1.65. The normalized spacial score (nSPS) is 19.3. The van der Waals surface area contributed by atoms with Gasteiger partial charge in [0.2, 0.25) is 0 Å². The maximum atomic E-state index is 6.21. The molecule has 0 saturated heterocycles. The summed E-state index contributed by atoms with van der Waals surface area (Å²) in [6.45, 7) is 11.9. The van der Waals surface area contributed by atoms with Crippen LogP contribution in [0.4, 0.5) is 0 Å². The monoisotopic (exact) mass is 323 g/mol. The number of aromatic nitrogens is 1. The summed E-state index contributed by atoms with van der Waals surface area (Å²) in [5, 5.41) is 6.40. The predicted octanol–water partition coefficient (Wildman–Crippen LogP) is 3.45. The molecule has 21 heavy (non-hydrogen) atoms. The van der Waals surface area contributed by atoms with Crippen molar-refractivity contribution in [1.82, 2.24) is 10.3 Å². The van der Waals surface area contributed by atoms with Gasteiger partial charge in [0.1, 0.15) is 5.01 Å². The average Bonchev–Trinajstić information content (AvgIpc) is 2.85. The molecule has 0 saturated carbocycles. The summed E-state index contributed by atoms with van der Waals surface area (Å²) in [6.07, 6.45) is 5.75. The first-order valence-electron chi connectivity index (χ1n) is 7.18. The first-order valence-corrected chi connectivity index (χ1v) is 11.0. The second kappa shape index (κ2) is 6.04. The van der Waals surface area contributed by atoms with Gasteiger partial charge in [-0.3, -0.25) is 0 Å². The molecule has 0 aliphatic carbocycles. The van der Waals surface area contributed by atoms with Gasteiger partial charge in [0.05, 0.1) is 18.5 Å². The Kier molecular flexibility index (Phi) is 4.72. The van der Waals surface area contributed by atoms with Gasteiger partial charge in [-0.25, -0.2) is 4.98 Å². The van der Waals surface area contributed by atoms with Crippen molar-refractivity contribution in [3.05, 3.63) is 34.4 Å². The number of hydrogen-bond acceptors (Lipinski definition) is 5. The van der Waals surface area contributed by atoms with Gasteiger partial charge in [-0.1, -0.05) is 26.8 Å². The van der Waals surface area contributed by atoms with E-state index in [0.29, 0.717) is 6.61 Å². The fourth-order valence-electron chi connectivity index (χ4n) is 1.62. The lowest BCUT2D eigenvalue weighted by Gasteiger charge is -2.35. The van der Waals surface area contributed by atoms with Crippen LogP contribution in [0.25, 0.3) is 5.57 Å². The van der Waals surface area contributed by atoms with Crippen LogP contribution in [0.2, 0.25) is 18.1 Å². The topological polar surface area (TPSA) is 60.2 Å². The minimum absolute atomic E-state index is 0.103. The van der Waals surface area contributed by atoms with Crippen molar-refractivity contribution < 1.29 is 4.43 Å². The highest BCUT2D eigenvalue weighted by Crippen LogP contribution is 2.37. The third-order valence-electron chi connectivity index (χ3n) is 4.12. The van der Waals surface area contributed by atoms with E-state index in [1.165, 1.54) is 0 Å². The molecule has 1 aromatic heterocycles. The number of dihydropyridines is 1. The Morgan fingerprint density at radius 1 is 1.43 bits per heavy atom. The molecule has 1 atom stereocenters. The minimum Gasteiger partial charge on any atom is -0.410 e. The SMILES string of the molecule is CC(C)(C)[Si](C)(C)OCc1nc(C2=CNC(N)C=C2)cs1. The highest BCUT2D eigenvalue weighted by molar-refractivity contribution is 7.09. The van der Waals surface area contributed by atoms with E-state index in [-0.39, 0.29) is 11.2 Å². The molecule has 0 amide bonds. The van der Waals surface area contributed by atoms with Crippen molar-refractivity contribution in [3.8, 4) is 0 Å². The van der Waals surface area contributed by atoms with E-state index in [1.807, 2.05) is 18.4 Å². The maximum absolute atomic E-state index is 6.21. The molecule has 1 aromatic rings. The van der Waals surface area contributed by atoms with Crippen LogP contribution in [0.3, 0.4) is 0 Å². The summed E-state index contributed by atoms with van der Waals surface area (Å²) in [5.74, 6) is 0. The molecule has 2 heterocycles. The number of allylic oxidation sites excluding steroid dienone is 2. The van der Waals surface area contributed by atoms with Crippen molar-refractivity contribution in [2.45, 2.75) is 51.7 Å². The molecule has 1 aliphatic rings. The minimum atomic E-state index is -1.72. The molecule has 116 valence electrons. The molecule has 0 bridgehead atoms. The first-order chi connectivity index (χ1) is 9.69. The van der Waals surface area contributed by atoms with Crippen LogP contribution in [0, 0.1) is 0 Å². The number of hydrogen-bond donors (Lipinski definition) is 2. The van der Waals surface area contributed by atoms with Gasteiger partial charge in [-0.05, 0) is 24.2 Å². The van der Waals surface area contributed by atoms with Crippen LogP contribution in [0.15, 0.2) is 23.7 Å². The van der Waals surface area contributed by atoms with Gasteiger partial charge in [0, 0.05) is 17.2 Å². The summed E-state index contributed by atoms with van der Waals surface area (Å²) < 4.78 is 6.21. The molecule has 0 fully saturated rings. The molecule has 3 N–H and O–H groups in total. The Labute approximate surface area is 132 Å². The number of nitrogens with two attached hydrogens (primary N) is 1.